The number of hydrogen-bond donors (Lipinski definition) is 1. The molecule has 0 saturated heterocycles. The minimum Gasteiger partial charge on any atom is -0.487 e. The van der Waals surface area contributed by atoms with Crippen molar-refractivity contribution >= 4 is 22.5 Å². The predicted octanol–water partition coefficient (Wildman–Crippen LogP) is 4.28. The Kier molecular flexibility index (Phi) is 4.35. The number of fused-ring (bicyclic) bond motifs is 1. The van der Waals surface area contributed by atoms with Gasteiger partial charge >= 0.3 is 0 Å². The summed E-state index contributed by atoms with van der Waals surface area (Å²) in [6.45, 7) is 4.37. The molecule has 5 heteroatoms. The summed E-state index contributed by atoms with van der Waals surface area (Å²) >= 11 is 6.31. The molecule has 0 spiro atoms. The fraction of sp³-hybridized carbons (Fsp3) is 0.222. The monoisotopic (exact) mass is 328 g/mol. The number of aromatic nitrogens is 2. The molecule has 1 N–H and O–H groups in total. The van der Waals surface area contributed by atoms with Crippen LogP contribution in [0.4, 0.5) is 0 Å². The van der Waals surface area contributed by atoms with Crippen molar-refractivity contribution in [3.05, 3.63) is 69.2 Å². The lowest BCUT2D eigenvalue weighted by Crippen LogP contribution is -2.13. The lowest BCUT2D eigenvalue weighted by atomic mass is 10.0. The summed E-state index contributed by atoms with van der Waals surface area (Å²) < 4.78 is 5.77. The molecule has 3 aromatic rings. The molecule has 0 bridgehead atoms. The van der Waals surface area contributed by atoms with E-state index in [-0.39, 0.29) is 11.5 Å². The largest absolute Gasteiger partial charge is 0.487 e. The second-order valence-corrected chi connectivity index (χ2v) is 6.13. The molecule has 0 aliphatic rings. The Morgan fingerprint density at radius 3 is 2.65 bits per heavy atom. The molecule has 0 fully saturated rings. The Labute approximate surface area is 139 Å². The van der Waals surface area contributed by atoms with Gasteiger partial charge in [-0.15, -0.1) is 0 Å². The summed E-state index contributed by atoms with van der Waals surface area (Å²) in [5.41, 5.74) is 2.39. The Morgan fingerprint density at radius 1 is 1.22 bits per heavy atom. The number of hydrogen-bond acceptors (Lipinski definition) is 3. The molecule has 2 heterocycles. The normalized spacial score (nSPS) is 11.1. The van der Waals surface area contributed by atoms with Crippen molar-refractivity contribution in [3.8, 4) is 5.75 Å². The quantitative estimate of drug-likeness (QED) is 0.777. The molecule has 23 heavy (non-hydrogen) atoms. The molecule has 0 radical (unpaired) electrons. The van der Waals surface area contributed by atoms with Crippen LogP contribution in [0.2, 0.25) is 5.02 Å². The maximum atomic E-state index is 12.1. The molecule has 0 aliphatic carbocycles. The molecule has 1 aromatic carbocycles. The van der Waals surface area contributed by atoms with Crippen LogP contribution in [-0.4, -0.2) is 9.97 Å². The predicted molar refractivity (Wildman–Crippen MR) is 92.2 cm³/mol. The van der Waals surface area contributed by atoms with Gasteiger partial charge < -0.3 is 9.72 Å². The summed E-state index contributed by atoms with van der Waals surface area (Å²) in [6, 6.07) is 9.24. The molecule has 0 amide bonds. The third-order valence-corrected chi connectivity index (χ3v) is 3.99. The number of nitrogens with one attached hydrogen (secondary N) is 1. The van der Waals surface area contributed by atoms with Crippen LogP contribution in [0.5, 0.6) is 5.75 Å². The highest BCUT2D eigenvalue weighted by Gasteiger charge is 2.10. The Hall–Kier alpha value is -2.33. The van der Waals surface area contributed by atoms with Crippen LogP contribution in [-0.2, 0) is 6.61 Å². The topological polar surface area (TPSA) is 55.0 Å². The van der Waals surface area contributed by atoms with E-state index < -0.39 is 0 Å². The second-order valence-electron chi connectivity index (χ2n) is 5.72. The molecular weight excluding hydrogens is 312 g/mol. The lowest BCUT2D eigenvalue weighted by molar-refractivity contribution is 0.306. The zero-order valence-corrected chi connectivity index (χ0v) is 13.7. The number of benzene rings is 1. The van der Waals surface area contributed by atoms with E-state index >= 15 is 0 Å². The van der Waals surface area contributed by atoms with E-state index in [1.807, 2.05) is 38.1 Å². The third-order valence-electron chi connectivity index (χ3n) is 3.69. The molecule has 0 saturated carbocycles. The molecular formula is C18H17ClN2O2. The van der Waals surface area contributed by atoms with Crippen molar-refractivity contribution in [2.24, 2.45) is 0 Å². The molecule has 3 rings (SSSR count). The van der Waals surface area contributed by atoms with Gasteiger partial charge in [-0.1, -0.05) is 25.4 Å². The van der Waals surface area contributed by atoms with E-state index in [1.165, 1.54) is 0 Å². The van der Waals surface area contributed by atoms with Gasteiger partial charge in [-0.05, 0) is 35.7 Å². The van der Waals surface area contributed by atoms with Crippen molar-refractivity contribution in [1.82, 2.24) is 9.97 Å². The van der Waals surface area contributed by atoms with Crippen molar-refractivity contribution in [3.63, 3.8) is 0 Å². The van der Waals surface area contributed by atoms with Crippen LogP contribution in [0, 0.1) is 0 Å². The van der Waals surface area contributed by atoms with Gasteiger partial charge in [0.25, 0.3) is 5.56 Å². The Bertz CT molecular complexity index is 889. The first kappa shape index (κ1) is 15.6. The Morgan fingerprint density at radius 2 is 1.96 bits per heavy atom. The van der Waals surface area contributed by atoms with Gasteiger partial charge in [-0.2, -0.15) is 0 Å². The van der Waals surface area contributed by atoms with Crippen LogP contribution >= 0.6 is 11.6 Å². The first-order valence-electron chi connectivity index (χ1n) is 7.43. The number of pyridine rings is 2. The summed E-state index contributed by atoms with van der Waals surface area (Å²) in [4.78, 5) is 19.0. The van der Waals surface area contributed by atoms with Gasteiger partial charge in [-0.3, -0.25) is 9.78 Å². The number of aromatic amines is 1. The maximum absolute atomic E-state index is 12.1. The summed E-state index contributed by atoms with van der Waals surface area (Å²) in [7, 11) is 0. The smallest absolute Gasteiger partial charge is 0.251 e. The molecule has 4 nitrogen and oxygen atoms in total. The molecule has 2 aromatic heterocycles. The van der Waals surface area contributed by atoms with E-state index in [9.17, 15) is 4.79 Å². The van der Waals surface area contributed by atoms with Crippen LogP contribution in [0.1, 0.15) is 30.9 Å². The number of rotatable bonds is 4. The minimum atomic E-state index is -0.0742. The SMILES string of the molecule is CC(C)c1cc2cc(Cl)c(OCc3ccncc3)cc2[nH]c1=O. The van der Waals surface area contributed by atoms with Crippen LogP contribution < -0.4 is 10.3 Å². The zero-order valence-electron chi connectivity index (χ0n) is 13.0. The number of H-pyrrole nitrogens is 1. The first-order chi connectivity index (χ1) is 11.0. The molecule has 0 atom stereocenters. The third kappa shape index (κ3) is 3.37. The van der Waals surface area contributed by atoms with E-state index in [0.29, 0.717) is 22.9 Å². The van der Waals surface area contributed by atoms with Gasteiger partial charge in [0, 0.05) is 29.4 Å². The van der Waals surface area contributed by atoms with Crippen molar-refractivity contribution in [2.45, 2.75) is 26.4 Å². The van der Waals surface area contributed by atoms with Gasteiger partial charge in [0.1, 0.15) is 12.4 Å². The van der Waals surface area contributed by atoms with Gasteiger partial charge in [-0.25, -0.2) is 0 Å². The highest BCUT2D eigenvalue weighted by molar-refractivity contribution is 6.32. The van der Waals surface area contributed by atoms with Crippen molar-refractivity contribution < 1.29 is 4.74 Å². The maximum Gasteiger partial charge on any atom is 0.251 e. The minimum absolute atomic E-state index is 0.0742. The molecule has 0 aliphatic heterocycles. The average Bonchev–Trinajstić information content (AvgIpc) is 2.53. The van der Waals surface area contributed by atoms with Crippen LogP contribution in [0.3, 0.4) is 0 Å². The zero-order chi connectivity index (χ0) is 16.4. The molecule has 0 unspecified atom stereocenters. The lowest BCUT2D eigenvalue weighted by Gasteiger charge is -2.11. The average molecular weight is 329 g/mol. The fourth-order valence-corrected chi connectivity index (χ4v) is 2.63. The number of ether oxygens (including phenoxy) is 1. The Balaban J connectivity index is 1.94. The van der Waals surface area contributed by atoms with E-state index in [2.05, 4.69) is 9.97 Å². The first-order valence-corrected chi connectivity index (χ1v) is 7.80. The van der Waals surface area contributed by atoms with E-state index in [0.717, 1.165) is 16.5 Å². The van der Waals surface area contributed by atoms with E-state index in [1.54, 1.807) is 18.5 Å². The highest BCUT2D eigenvalue weighted by Crippen LogP contribution is 2.30. The van der Waals surface area contributed by atoms with Gasteiger partial charge in [0.05, 0.1) is 10.5 Å². The number of nitrogens with zero attached hydrogens (tertiary/aromatic N) is 1. The van der Waals surface area contributed by atoms with Crippen molar-refractivity contribution in [1.29, 1.82) is 0 Å². The summed E-state index contributed by atoms with van der Waals surface area (Å²) in [6.07, 6.45) is 3.43. The van der Waals surface area contributed by atoms with Crippen LogP contribution in [0.25, 0.3) is 10.9 Å². The molecule has 118 valence electrons. The standard InChI is InChI=1S/C18H17ClN2O2/c1-11(2)14-7-13-8-15(19)17(9-16(13)21-18(14)22)23-10-12-3-5-20-6-4-12/h3-9,11H,10H2,1-2H3,(H,21,22). The summed E-state index contributed by atoms with van der Waals surface area (Å²) in [5, 5.41) is 1.42. The second kappa shape index (κ2) is 6.42. The van der Waals surface area contributed by atoms with E-state index in [4.69, 9.17) is 16.3 Å². The fourth-order valence-electron chi connectivity index (χ4n) is 2.40. The highest BCUT2D eigenvalue weighted by atomic mass is 35.5. The van der Waals surface area contributed by atoms with Crippen molar-refractivity contribution in [2.75, 3.05) is 0 Å². The number of halogens is 1. The van der Waals surface area contributed by atoms with Gasteiger partial charge in [0.15, 0.2) is 0 Å². The van der Waals surface area contributed by atoms with Gasteiger partial charge in [0.2, 0.25) is 0 Å². The summed E-state index contributed by atoms with van der Waals surface area (Å²) in [5.74, 6) is 0.702. The van der Waals surface area contributed by atoms with Crippen LogP contribution in [0.15, 0.2) is 47.5 Å².